The molecular formula is C16H32N2. The van der Waals surface area contributed by atoms with Gasteiger partial charge in [0.15, 0.2) is 0 Å². The first-order chi connectivity index (χ1) is 8.67. The second kappa shape index (κ2) is 6.38. The lowest BCUT2D eigenvalue weighted by atomic mass is 9.78. The maximum atomic E-state index is 3.51. The van der Waals surface area contributed by atoms with Crippen LogP contribution in [0, 0.1) is 11.3 Å². The Bertz CT molecular complexity index is 243. The summed E-state index contributed by atoms with van der Waals surface area (Å²) in [5.41, 5.74) is 0.636. The van der Waals surface area contributed by atoms with E-state index in [9.17, 15) is 0 Å². The fraction of sp³-hybridized carbons (Fsp3) is 1.00. The monoisotopic (exact) mass is 252 g/mol. The third-order valence-corrected chi connectivity index (χ3v) is 5.76. The Balaban J connectivity index is 1.69. The molecule has 2 heteroatoms. The molecule has 2 aliphatic rings. The van der Waals surface area contributed by atoms with Crippen LogP contribution in [0.3, 0.4) is 0 Å². The molecule has 1 N–H and O–H groups in total. The van der Waals surface area contributed by atoms with Gasteiger partial charge >= 0.3 is 0 Å². The molecule has 2 rings (SSSR count). The number of nitrogens with zero attached hydrogens (tertiary/aromatic N) is 1. The van der Waals surface area contributed by atoms with Crippen LogP contribution in [-0.2, 0) is 0 Å². The summed E-state index contributed by atoms with van der Waals surface area (Å²) in [6.45, 7) is 8.83. The van der Waals surface area contributed by atoms with Crippen molar-refractivity contribution in [3.8, 4) is 0 Å². The van der Waals surface area contributed by atoms with Gasteiger partial charge < -0.3 is 10.2 Å². The first kappa shape index (κ1) is 14.3. The number of rotatable bonds is 5. The second-order valence-electron chi connectivity index (χ2n) is 6.88. The van der Waals surface area contributed by atoms with E-state index in [1.54, 1.807) is 0 Å². The predicted octanol–water partition coefficient (Wildman–Crippen LogP) is 3.28. The third-order valence-electron chi connectivity index (χ3n) is 5.76. The van der Waals surface area contributed by atoms with Crippen molar-refractivity contribution in [3.05, 3.63) is 0 Å². The topological polar surface area (TPSA) is 15.3 Å². The van der Waals surface area contributed by atoms with E-state index in [0.717, 1.165) is 12.0 Å². The van der Waals surface area contributed by atoms with Crippen LogP contribution in [0.2, 0.25) is 0 Å². The normalized spacial score (nSPS) is 32.8. The minimum atomic E-state index is 0.636. The molecule has 0 aromatic heterocycles. The highest BCUT2D eigenvalue weighted by Crippen LogP contribution is 2.34. The Kier molecular flexibility index (Phi) is 5.08. The Morgan fingerprint density at radius 2 is 1.94 bits per heavy atom. The molecule has 1 aliphatic carbocycles. The molecular weight excluding hydrogens is 220 g/mol. The van der Waals surface area contributed by atoms with Gasteiger partial charge in [-0.05, 0) is 70.1 Å². The smallest absolute Gasteiger partial charge is 0.00928 e. The maximum Gasteiger partial charge on any atom is 0.00928 e. The molecule has 2 unspecified atom stereocenters. The van der Waals surface area contributed by atoms with Gasteiger partial charge in [-0.3, -0.25) is 0 Å². The van der Waals surface area contributed by atoms with Crippen LogP contribution in [0.1, 0.15) is 58.8 Å². The van der Waals surface area contributed by atoms with Gasteiger partial charge in [0.05, 0.1) is 0 Å². The molecule has 2 nitrogen and oxygen atoms in total. The molecule has 1 saturated carbocycles. The summed E-state index contributed by atoms with van der Waals surface area (Å²) >= 11 is 0. The van der Waals surface area contributed by atoms with E-state index in [-0.39, 0.29) is 0 Å². The summed E-state index contributed by atoms with van der Waals surface area (Å²) < 4.78 is 0. The summed E-state index contributed by atoms with van der Waals surface area (Å²) in [5, 5.41) is 3.51. The van der Waals surface area contributed by atoms with Crippen molar-refractivity contribution in [2.24, 2.45) is 11.3 Å². The van der Waals surface area contributed by atoms with Gasteiger partial charge in [0.2, 0.25) is 0 Å². The molecule has 0 amide bonds. The van der Waals surface area contributed by atoms with E-state index < -0.39 is 0 Å². The van der Waals surface area contributed by atoms with Crippen LogP contribution < -0.4 is 5.32 Å². The highest BCUT2D eigenvalue weighted by molar-refractivity contribution is 4.85. The van der Waals surface area contributed by atoms with Crippen LogP contribution in [0.5, 0.6) is 0 Å². The van der Waals surface area contributed by atoms with Crippen LogP contribution >= 0.6 is 0 Å². The number of likely N-dealkylation sites (tertiary alicyclic amines) is 1. The zero-order valence-corrected chi connectivity index (χ0v) is 12.7. The largest absolute Gasteiger partial charge is 0.317 e. The molecule has 106 valence electrons. The highest BCUT2D eigenvalue weighted by Gasteiger charge is 2.30. The first-order valence-electron chi connectivity index (χ1n) is 8.06. The zero-order valence-electron chi connectivity index (χ0n) is 12.7. The Hall–Kier alpha value is -0.0800. The highest BCUT2D eigenvalue weighted by atomic mass is 15.1. The average molecular weight is 252 g/mol. The molecule has 0 aromatic carbocycles. The lowest BCUT2D eigenvalue weighted by molar-refractivity contribution is 0.108. The molecule has 18 heavy (non-hydrogen) atoms. The van der Waals surface area contributed by atoms with E-state index in [1.165, 1.54) is 64.6 Å². The molecule has 1 saturated heterocycles. The fourth-order valence-electron chi connectivity index (χ4n) is 3.78. The summed E-state index contributed by atoms with van der Waals surface area (Å²) in [4.78, 5) is 2.71. The summed E-state index contributed by atoms with van der Waals surface area (Å²) in [6.07, 6.45) is 9.86. The summed E-state index contributed by atoms with van der Waals surface area (Å²) in [7, 11) is 2.14. The number of nitrogens with one attached hydrogen (secondary N) is 1. The number of hydrogen-bond donors (Lipinski definition) is 1. The van der Waals surface area contributed by atoms with Gasteiger partial charge in [0.1, 0.15) is 0 Å². The molecule has 1 aliphatic heterocycles. The Labute approximate surface area is 114 Å². The molecule has 0 bridgehead atoms. The van der Waals surface area contributed by atoms with Crippen molar-refractivity contribution >= 4 is 0 Å². The van der Waals surface area contributed by atoms with Crippen molar-refractivity contribution in [2.45, 2.75) is 64.8 Å². The van der Waals surface area contributed by atoms with E-state index >= 15 is 0 Å². The number of hydrogen-bond acceptors (Lipinski definition) is 2. The van der Waals surface area contributed by atoms with Crippen molar-refractivity contribution in [3.63, 3.8) is 0 Å². The van der Waals surface area contributed by atoms with E-state index in [2.05, 4.69) is 31.1 Å². The van der Waals surface area contributed by atoms with Crippen LogP contribution in [0.15, 0.2) is 0 Å². The lowest BCUT2D eigenvalue weighted by Gasteiger charge is -2.39. The molecule has 2 fully saturated rings. The minimum absolute atomic E-state index is 0.636. The van der Waals surface area contributed by atoms with Gasteiger partial charge in [0.25, 0.3) is 0 Å². The van der Waals surface area contributed by atoms with E-state index in [0.29, 0.717) is 5.41 Å². The lowest BCUT2D eigenvalue weighted by Crippen LogP contribution is -2.40. The minimum Gasteiger partial charge on any atom is -0.317 e. The van der Waals surface area contributed by atoms with E-state index in [1.807, 2.05) is 0 Å². The first-order valence-corrected chi connectivity index (χ1v) is 8.06. The molecule has 0 aromatic rings. The molecule has 0 radical (unpaired) electrons. The van der Waals surface area contributed by atoms with E-state index in [4.69, 9.17) is 0 Å². The SMILES string of the molecule is CCC1(C)CCN(CCC2CCCC2NC)CC1. The van der Waals surface area contributed by atoms with Gasteiger partial charge in [-0.25, -0.2) is 0 Å². The second-order valence-corrected chi connectivity index (χ2v) is 6.88. The quantitative estimate of drug-likeness (QED) is 0.808. The third kappa shape index (κ3) is 3.48. The molecule has 2 atom stereocenters. The van der Waals surface area contributed by atoms with Crippen molar-refractivity contribution in [1.82, 2.24) is 10.2 Å². The Morgan fingerprint density at radius 1 is 1.22 bits per heavy atom. The van der Waals surface area contributed by atoms with Gasteiger partial charge in [-0.15, -0.1) is 0 Å². The maximum absolute atomic E-state index is 3.51. The van der Waals surface area contributed by atoms with Crippen LogP contribution in [-0.4, -0.2) is 37.6 Å². The fourth-order valence-corrected chi connectivity index (χ4v) is 3.78. The van der Waals surface area contributed by atoms with Crippen molar-refractivity contribution in [1.29, 1.82) is 0 Å². The van der Waals surface area contributed by atoms with Crippen molar-refractivity contribution in [2.75, 3.05) is 26.7 Å². The van der Waals surface area contributed by atoms with Crippen molar-refractivity contribution < 1.29 is 0 Å². The molecule has 0 spiro atoms. The van der Waals surface area contributed by atoms with Crippen LogP contribution in [0.4, 0.5) is 0 Å². The zero-order chi connectivity index (χ0) is 13.0. The predicted molar refractivity (Wildman–Crippen MR) is 78.9 cm³/mol. The Morgan fingerprint density at radius 3 is 2.56 bits per heavy atom. The summed E-state index contributed by atoms with van der Waals surface area (Å²) in [6, 6.07) is 0.802. The average Bonchev–Trinajstić information content (AvgIpc) is 2.86. The van der Waals surface area contributed by atoms with Crippen LogP contribution in [0.25, 0.3) is 0 Å². The standard InChI is InChI=1S/C16H32N2/c1-4-16(2)9-12-18(13-10-16)11-8-14-6-5-7-15(14)17-3/h14-15,17H,4-13H2,1-3H3. The van der Waals surface area contributed by atoms with Gasteiger partial charge in [-0.2, -0.15) is 0 Å². The molecule has 1 heterocycles. The van der Waals surface area contributed by atoms with Gasteiger partial charge in [-0.1, -0.05) is 26.7 Å². The van der Waals surface area contributed by atoms with Gasteiger partial charge in [0, 0.05) is 6.04 Å². The number of piperidine rings is 1. The summed E-state index contributed by atoms with van der Waals surface area (Å²) in [5.74, 6) is 0.939.